The molecule has 134 valence electrons. The molecule has 3 rings (SSSR count). The number of ether oxygens (including phenoxy) is 1. The zero-order valence-corrected chi connectivity index (χ0v) is 14.7. The second kappa shape index (κ2) is 8.49. The molecule has 2 amide bonds. The Hall–Kier alpha value is -1.86. The summed E-state index contributed by atoms with van der Waals surface area (Å²) in [4.78, 5) is 36.0. The summed E-state index contributed by atoms with van der Waals surface area (Å²) in [5, 5.41) is 5.23. The van der Waals surface area contributed by atoms with E-state index in [4.69, 9.17) is 4.74 Å². The monoisotopic (exact) mass is 362 g/mol. The second-order valence-corrected chi connectivity index (χ2v) is 7.40. The van der Waals surface area contributed by atoms with Gasteiger partial charge in [0.2, 0.25) is 11.8 Å². The number of carbonyl (C=O) groups excluding carboxylic acids is 3. The van der Waals surface area contributed by atoms with Crippen molar-refractivity contribution in [3.05, 3.63) is 35.9 Å². The highest BCUT2D eigenvalue weighted by Crippen LogP contribution is 2.22. The van der Waals surface area contributed by atoms with E-state index in [0.717, 1.165) is 24.8 Å². The Kier molecular flexibility index (Phi) is 6.09. The van der Waals surface area contributed by atoms with E-state index in [1.165, 1.54) is 11.8 Å². The van der Waals surface area contributed by atoms with Gasteiger partial charge in [-0.25, -0.2) is 0 Å². The SMILES string of the molecule is O=C(Cc1ccccc1)N[C@@H]1C(=O)N[C@@H]1SCC(=O)C1CCCCO1. The summed E-state index contributed by atoms with van der Waals surface area (Å²) in [6, 6.07) is 8.79. The molecule has 1 aromatic carbocycles. The molecule has 25 heavy (non-hydrogen) atoms. The van der Waals surface area contributed by atoms with Crippen molar-refractivity contribution in [1.82, 2.24) is 10.6 Å². The Bertz CT molecular complexity index is 631. The number of Topliss-reactive ketones (excluding diaryl/α,β-unsaturated/α-hetero) is 1. The third-order valence-corrected chi connectivity index (χ3v) is 5.54. The Balaban J connectivity index is 1.44. The van der Waals surface area contributed by atoms with Crippen LogP contribution >= 0.6 is 11.8 Å². The molecule has 2 heterocycles. The summed E-state index contributed by atoms with van der Waals surface area (Å²) in [6.07, 6.45) is 2.71. The fourth-order valence-corrected chi connectivity index (χ4v) is 4.01. The molecule has 0 radical (unpaired) electrons. The smallest absolute Gasteiger partial charge is 0.246 e. The van der Waals surface area contributed by atoms with E-state index >= 15 is 0 Å². The van der Waals surface area contributed by atoms with Crippen molar-refractivity contribution in [1.29, 1.82) is 0 Å². The van der Waals surface area contributed by atoms with Gasteiger partial charge in [-0.3, -0.25) is 14.4 Å². The third-order valence-electron chi connectivity index (χ3n) is 4.34. The number of benzene rings is 1. The van der Waals surface area contributed by atoms with Gasteiger partial charge in [0.25, 0.3) is 0 Å². The summed E-state index contributed by atoms with van der Waals surface area (Å²) in [7, 11) is 0. The molecular weight excluding hydrogens is 340 g/mol. The lowest BCUT2D eigenvalue weighted by atomic mass is 10.1. The maximum absolute atomic E-state index is 12.1. The average molecular weight is 362 g/mol. The number of hydrogen-bond acceptors (Lipinski definition) is 5. The average Bonchev–Trinajstić information content (AvgIpc) is 2.64. The predicted octanol–water partition coefficient (Wildman–Crippen LogP) is 1.04. The van der Waals surface area contributed by atoms with Gasteiger partial charge in [0.15, 0.2) is 5.78 Å². The van der Waals surface area contributed by atoms with Gasteiger partial charge in [-0.2, -0.15) is 0 Å². The fourth-order valence-electron chi connectivity index (χ4n) is 2.90. The fraction of sp³-hybridized carbons (Fsp3) is 0.500. The second-order valence-electron chi connectivity index (χ2n) is 6.27. The van der Waals surface area contributed by atoms with Crippen molar-refractivity contribution < 1.29 is 19.1 Å². The molecule has 0 saturated carbocycles. The zero-order valence-electron chi connectivity index (χ0n) is 13.9. The van der Waals surface area contributed by atoms with Crippen molar-refractivity contribution in [2.24, 2.45) is 0 Å². The van der Waals surface area contributed by atoms with Crippen LogP contribution in [-0.4, -0.2) is 47.5 Å². The number of hydrogen-bond donors (Lipinski definition) is 2. The Morgan fingerprint density at radius 2 is 2.04 bits per heavy atom. The molecule has 0 aliphatic carbocycles. The number of carbonyl (C=O) groups is 3. The van der Waals surface area contributed by atoms with Crippen LogP contribution in [0.3, 0.4) is 0 Å². The van der Waals surface area contributed by atoms with Crippen molar-refractivity contribution in [2.45, 2.75) is 43.2 Å². The number of thioether (sulfide) groups is 1. The van der Waals surface area contributed by atoms with Crippen molar-refractivity contribution in [3.8, 4) is 0 Å². The lowest BCUT2D eigenvalue weighted by Crippen LogP contribution is -2.68. The first kappa shape index (κ1) is 17.9. The number of amides is 2. The minimum atomic E-state index is -0.582. The van der Waals surface area contributed by atoms with Crippen LogP contribution in [0.5, 0.6) is 0 Å². The van der Waals surface area contributed by atoms with Crippen LogP contribution in [0.1, 0.15) is 24.8 Å². The van der Waals surface area contributed by atoms with Crippen LogP contribution in [0.2, 0.25) is 0 Å². The summed E-state index contributed by atoms with van der Waals surface area (Å²) in [5.74, 6) is -0.0696. The Labute approximate surface area is 151 Å². The first-order valence-electron chi connectivity index (χ1n) is 8.53. The summed E-state index contributed by atoms with van der Waals surface area (Å²) in [5.41, 5.74) is 0.897. The number of ketones is 1. The van der Waals surface area contributed by atoms with E-state index < -0.39 is 6.04 Å². The lowest BCUT2D eigenvalue weighted by molar-refractivity contribution is -0.134. The first-order chi connectivity index (χ1) is 12.1. The quantitative estimate of drug-likeness (QED) is 0.708. The van der Waals surface area contributed by atoms with Crippen molar-refractivity contribution in [2.75, 3.05) is 12.4 Å². The van der Waals surface area contributed by atoms with Gasteiger partial charge in [0.1, 0.15) is 17.5 Å². The normalized spacial score (nSPS) is 25.6. The van der Waals surface area contributed by atoms with Gasteiger partial charge >= 0.3 is 0 Å². The summed E-state index contributed by atoms with van der Waals surface area (Å²) < 4.78 is 5.48. The summed E-state index contributed by atoms with van der Waals surface area (Å²) in [6.45, 7) is 0.638. The van der Waals surface area contributed by atoms with Gasteiger partial charge < -0.3 is 15.4 Å². The van der Waals surface area contributed by atoms with Crippen LogP contribution in [0.4, 0.5) is 0 Å². The van der Waals surface area contributed by atoms with Crippen LogP contribution < -0.4 is 10.6 Å². The Morgan fingerprint density at radius 3 is 2.72 bits per heavy atom. The molecule has 0 aromatic heterocycles. The summed E-state index contributed by atoms with van der Waals surface area (Å²) >= 11 is 1.35. The van der Waals surface area contributed by atoms with Gasteiger partial charge in [-0.05, 0) is 24.8 Å². The van der Waals surface area contributed by atoms with E-state index in [9.17, 15) is 14.4 Å². The molecule has 3 atom stereocenters. The standard InChI is InChI=1S/C18H22N2O4S/c21-13(14-8-4-5-9-24-14)11-25-18-16(17(23)20-18)19-15(22)10-12-6-2-1-3-7-12/h1-3,6-7,14,16,18H,4-5,8-11H2,(H,19,22)(H,20,23)/t14?,16-,18-/m1/s1. The minimum absolute atomic E-state index is 0.0558. The first-order valence-corrected chi connectivity index (χ1v) is 9.58. The molecule has 0 spiro atoms. The van der Waals surface area contributed by atoms with E-state index in [-0.39, 0.29) is 41.2 Å². The molecule has 1 unspecified atom stereocenters. The van der Waals surface area contributed by atoms with E-state index in [2.05, 4.69) is 10.6 Å². The highest BCUT2D eigenvalue weighted by Gasteiger charge is 2.41. The highest BCUT2D eigenvalue weighted by atomic mass is 32.2. The molecule has 0 bridgehead atoms. The maximum Gasteiger partial charge on any atom is 0.246 e. The van der Waals surface area contributed by atoms with Gasteiger partial charge in [-0.1, -0.05) is 30.3 Å². The molecule has 1 aromatic rings. The van der Waals surface area contributed by atoms with Crippen LogP contribution in [-0.2, 0) is 25.5 Å². The Morgan fingerprint density at radius 1 is 1.24 bits per heavy atom. The van der Waals surface area contributed by atoms with E-state index in [1.807, 2.05) is 30.3 Å². The zero-order chi connectivity index (χ0) is 17.6. The molecule has 7 heteroatoms. The van der Waals surface area contributed by atoms with E-state index in [0.29, 0.717) is 6.61 Å². The van der Waals surface area contributed by atoms with Crippen LogP contribution in [0.15, 0.2) is 30.3 Å². The maximum atomic E-state index is 12.1. The predicted molar refractivity (Wildman–Crippen MR) is 95.1 cm³/mol. The number of β-lactam (4-membered cyclic amide) rings is 1. The number of nitrogens with one attached hydrogen (secondary N) is 2. The van der Waals surface area contributed by atoms with Crippen LogP contribution in [0.25, 0.3) is 0 Å². The molecule has 2 N–H and O–H groups in total. The van der Waals surface area contributed by atoms with Gasteiger partial charge in [0, 0.05) is 6.61 Å². The number of rotatable bonds is 7. The molecule has 2 fully saturated rings. The molecule has 2 saturated heterocycles. The van der Waals surface area contributed by atoms with Crippen LogP contribution in [0, 0.1) is 0 Å². The van der Waals surface area contributed by atoms with E-state index in [1.54, 1.807) is 0 Å². The third kappa shape index (κ3) is 4.83. The topological polar surface area (TPSA) is 84.5 Å². The molecular formula is C18H22N2O4S. The van der Waals surface area contributed by atoms with Gasteiger partial charge in [-0.15, -0.1) is 11.8 Å². The van der Waals surface area contributed by atoms with Crippen molar-refractivity contribution in [3.63, 3.8) is 0 Å². The van der Waals surface area contributed by atoms with Gasteiger partial charge in [0.05, 0.1) is 12.2 Å². The molecule has 6 nitrogen and oxygen atoms in total. The largest absolute Gasteiger partial charge is 0.370 e. The molecule has 2 aliphatic rings. The minimum Gasteiger partial charge on any atom is -0.370 e. The highest BCUT2D eigenvalue weighted by molar-refractivity contribution is 8.00. The van der Waals surface area contributed by atoms with Crippen molar-refractivity contribution >= 4 is 29.4 Å². The lowest BCUT2D eigenvalue weighted by Gasteiger charge is -2.36. The molecule has 2 aliphatic heterocycles.